The summed E-state index contributed by atoms with van der Waals surface area (Å²) in [6.45, 7) is 5.42. The highest BCUT2D eigenvalue weighted by molar-refractivity contribution is 8.00. The Morgan fingerprint density at radius 1 is 0.891 bits per heavy atom. The molecule has 3 aromatic carbocycles. The fraction of sp³-hybridized carbons (Fsp3) is 0.314. The lowest BCUT2D eigenvalue weighted by molar-refractivity contribution is -0.132. The topological polar surface area (TPSA) is 102 Å². The predicted molar refractivity (Wildman–Crippen MR) is 184 cm³/mol. The summed E-state index contributed by atoms with van der Waals surface area (Å²) in [5, 5.41) is 21.1. The van der Waals surface area contributed by atoms with Crippen LogP contribution in [0, 0.1) is 0 Å². The zero-order chi connectivity index (χ0) is 32.5. The highest BCUT2D eigenvalue weighted by atomic mass is 35.5. The molecule has 46 heavy (non-hydrogen) atoms. The molecule has 1 atom stereocenters. The first-order valence-electron chi connectivity index (χ1n) is 15.4. The highest BCUT2D eigenvalue weighted by Gasteiger charge is 2.48. The molecule has 1 N–H and O–H groups in total. The second-order valence-corrected chi connectivity index (χ2v) is 13.3. The van der Waals surface area contributed by atoms with Crippen molar-refractivity contribution >= 4 is 57.3 Å². The van der Waals surface area contributed by atoms with Crippen molar-refractivity contribution < 1.29 is 24.2 Å². The molecule has 240 valence electrons. The summed E-state index contributed by atoms with van der Waals surface area (Å²) in [5.74, 6) is 0.0467. The van der Waals surface area contributed by atoms with Crippen LogP contribution in [0.3, 0.4) is 0 Å². The van der Waals surface area contributed by atoms with Gasteiger partial charge in [-0.15, -0.1) is 10.2 Å². The molecule has 4 aromatic rings. The van der Waals surface area contributed by atoms with Gasteiger partial charge >= 0.3 is 5.91 Å². The number of hydrogen-bond acceptors (Lipinski definition) is 9. The van der Waals surface area contributed by atoms with Crippen LogP contribution in [0.4, 0.5) is 5.13 Å². The zero-order valence-corrected chi connectivity index (χ0v) is 28.2. The number of benzene rings is 3. The van der Waals surface area contributed by atoms with E-state index in [1.165, 1.54) is 28.0 Å². The molecule has 0 saturated carbocycles. The Morgan fingerprint density at radius 2 is 1.54 bits per heavy atom. The van der Waals surface area contributed by atoms with Crippen molar-refractivity contribution in [3.8, 4) is 11.5 Å². The maximum Gasteiger partial charge on any atom is 0.301 e. The number of aromatic nitrogens is 2. The largest absolute Gasteiger partial charge is 0.507 e. The lowest BCUT2D eigenvalue weighted by Gasteiger charge is -2.22. The van der Waals surface area contributed by atoms with Gasteiger partial charge in [0.1, 0.15) is 17.3 Å². The third kappa shape index (κ3) is 7.92. The Morgan fingerprint density at radius 3 is 2.22 bits per heavy atom. The summed E-state index contributed by atoms with van der Waals surface area (Å²) in [4.78, 5) is 28.6. The quantitative estimate of drug-likeness (QED) is 0.0333. The number of amides is 1. The van der Waals surface area contributed by atoms with Gasteiger partial charge in [0.05, 0.1) is 24.8 Å². The maximum atomic E-state index is 13.6. The molecule has 11 heteroatoms. The Labute approximate surface area is 282 Å². The fourth-order valence-corrected chi connectivity index (χ4v) is 7.10. The van der Waals surface area contributed by atoms with Crippen LogP contribution in [0.1, 0.15) is 68.7 Å². The Hall–Kier alpha value is -3.86. The van der Waals surface area contributed by atoms with Gasteiger partial charge in [0.15, 0.2) is 4.34 Å². The summed E-state index contributed by atoms with van der Waals surface area (Å²) in [7, 11) is 0. The normalized spacial score (nSPS) is 15.8. The number of ketones is 1. The second-order valence-electron chi connectivity index (χ2n) is 10.8. The predicted octanol–water partition coefficient (Wildman–Crippen LogP) is 8.86. The molecule has 1 aliphatic heterocycles. The van der Waals surface area contributed by atoms with Crippen molar-refractivity contribution in [3.05, 3.63) is 100 Å². The van der Waals surface area contributed by atoms with Gasteiger partial charge in [-0.2, -0.15) is 0 Å². The van der Waals surface area contributed by atoms with E-state index in [4.69, 9.17) is 21.1 Å². The number of aliphatic hydroxyl groups excluding tert-OH is 1. The minimum Gasteiger partial charge on any atom is -0.507 e. The minimum absolute atomic E-state index is 0.0262. The number of hydrogen-bond donors (Lipinski definition) is 1. The lowest BCUT2D eigenvalue weighted by atomic mass is 9.95. The van der Waals surface area contributed by atoms with Gasteiger partial charge in [0, 0.05) is 16.3 Å². The third-order valence-electron chi connectivity index (χ3n) is 7.46. The van der Waals surface area contributed by atoms with Crippen molar-refractivity contribution in [1.29, 1.82) is 0 Å². The number of anilines is 1. The molecule has 8 nitrogen and oxygen atoms in total. The average molecular weight is 678 g/mol. The monoisotopic (exact) mass is 677 g/mol. The number of halogens is 1. The summed E-state index contributed by atoms with van der Waals surface area (Å²) < 4.78 is 12.3. The number of thioether (sulfide) groups is 1. The van der Waals surface area contributed by atoms with E-state index in [1.807, 2.05) is 48.5 Å². The molecule has 2 heterocycles. The van der Waals surface area contributed by atoms with Crippen molar-refractivity contribution in [3.63, 3.8) is 0 Å². The zero-order valence-electron chi connectivity index (χ0n) is 25.8. The van der Waals surface area contributed by atoms with Crippen LogP contribution in [0.25, 0.3) is 5.76 Å². The van der Waals surface area contributed by atoms with E-state index in [0.29, 0.717) is 51.0 Å². The van der Waals surface area contributed by atoms with Gasteiger partial charge < -0.3 is 14.6 Å². The van der Waals surface area contributed by atoms with Gasteiger partial charge in [0.25, 0.3) is 5.78 Å². The first kappa shape index (κ1) is 33.5. The molecule has 1 aliphatic rings. The highest BCUT2D eigenvalue weighted by Crippen LogP contribution is 2.44. The number of rotatable bonds is 15. The van der Waals surface area contributed by atoms with Crippen LogP contribution in [0.5, 0.6) is 11.5 Å². The number of carbonyl (C=O) groups is 2. The maximum absolute atomic E-state index is 13.6. The molecule has 0 bridgehead atoms. The molecule has 1 fully saturated rings. The summed E-state index contributed by atoms with van der Waals surface area (Å²) in [6.07, 6.45) is 5.08. The molecule has 0 aliphatic carbocycles. The molecule has 1 aromatic heterocycles. The van der Waals surface area contributed by atoms with Crippen molar-refractivity contribution in [1.82, 2.24) is 10.2 Å². The van der Waals surface area contributed by atoms with Gasteiger partial charge in [-0.25, -0.2) is 0 Å². The smallest absolute Gasteiger partial charge is 0.301 e. The Kier molecular flexibility index (Phi) is 11.7. The number of nitrogens with zero attached hydrogens (tertiary/aromatic N) is 3. The molecule has 1 amide bonds. The summed E-state index contributed by atoms with van der Waals surface area (Å²) in [6, 6.07) is 20.7. The van der Waals surface area contributed by atoms with Crippen LogP contribution < -0.4 is 14.4 Å². The first-order chi connectivity index (χ1) is 22.4. The molecular formula is C35H36ClN3O5S2. The van der Waals surface area contributed by atoms with E-state index in [-0.39, 0.29) is 16.5 Å². The van der Waals surface area contributed by atoms with Crippen molar-refractivity contribution in [2.75, 3.05) is 18.1 Å². The third-order valence-corrected chi connectivity index (χ3v) is 9.94. The summed E-state index contributed by atoms with van der Waals surface area (Å²) in [5.41, 5.74) is 1.95. The molecular weight excluding hydrogens is 642 g/mol. The molecule has 0 spiro atoms. The molecule has 0 unspecified atom stereocenters. The lowest BCUT2D eigenvalue weighted by Crippen LogP contribution is -2.29. The summed E-state index contributed by atoms with van der Waals surface area (Å²) >= 11 is 8.97. The standard InChI is InChI=1S/C35H36ClN3O5S2/c1-3-5-9-21-44-26-16-12-23(13-17-26)30-29(31(40)24-14-18-27(19-15-24)43-20-6-4-2)32(41)33(42)39(30)34-37-38-35(46-34)45-22-25-10-7-8-11-28(25)36/h7-8,10-19,30,40H,3-6,9,20-22H2,1-2H3/t30-/m0/s1. The Bertz CT molecular complexity index is 1670. The van der Waals surface area contributed by atoms with Crippen LogP contribution in [0.15, 0.2) is 82.7 Å². The van der Waals surface area contributed by atoms with Crippen LogP contribution in [-0.2, 0) is 15.3 Å². The van der Waals surface area contributed by atoms with Gasteiger partial charge in [-0.05, 0) is 66.4 Å². The fourth-order valence-electron chi connectivity index (χ4n) is 4.95. The number of Topliss-reactive ketones (excluding diaryl/α,β-unsaturated/α-hetero) is 1. The number of carbonyl (C=O) groups excluding carboxylic acids is 2. The number of aliphatic hydroxyl groups is 1. The van der Waals surface area contributed by atoms with E-state index in [1.54, 1.807) is 24.3 Å². The van der Waals surface area contributed by atoms with Gasteiger partial charge in [-0.3, -0.25) is 14.5 Å². The van der Waals surface area contributed by atoms with Crippen LogP contribution in [-0.4, -0.2) is 40.2 Å². The van der Waals surface area contributed by atoms with E-state index in [9.17, 15) is 14.7 Å². The van der Waals surface area contributed by atoms with E-state index < -0.39 is 17.7 Å². The van der Waals surface area contributed by atoms with Crippen LogP contribution in [0.2, 0.25) is 5.02 Å². The number of unbranched alkanes of at least 4 members (excludes halogenated alkanes) is 3. The van der Waals surface area contributed by atoms with E-state index in [0.717, 1.165) is 37.7 Å². The minimum atomic E-state index is -0.927. The van der Waals surface area contributed by atoms with E-state index >= 15 is 0 Å². The molecule has 5 rings (SSSR count). The van der Waals surface area contributed by atoms with Crippen molar-refractivity contribution in [2.45, 2.75) is 62.1 Å². The van der Waals surface area contributed by atoms with Crippen molar-refractivity contribution in [2.24, 2.45) is 0 Å². The van der Waals surface area contributed by atoms with Crippen LogP contribution >= 0.6 is 34.7 Å². The van der Waals surface area contributed by atoms with Gasteiger partial charge in [0.2, 0.25) is 5.13 Å². The Balaban J connectivity index is 1.47. The molecule has 1 saturated heterocycles. The second kappa shape index (κ2) is 16.1. The van der Waals surface area contributed by atoms with E-state index in [2.05, 4.69) is 24.0 Å². The van der Waals surface area contributed by atoms with Gasteiger partial charge in [-0.1, -0.05) is 98.1 Å². The molecule has 0 radical (unpaired) electrons. The average Bonchev–Trinajstić information content (AvgIpc) is 3.64. The first-order valence-corrected chi connectivity index (χ1v) is 17.6. The SMILES string of the molecule is CCCCCOc1ccc([C@H]2C(=C(O)c3ccc(OCCCC)cc3)C(=O)C(=O)N2c2nnc(SCc3ccccc3Cl)s2)cc1. The number of ether oxygens (including phenoxy) is 2.